The van der Waals surface area contributed by atoms with Crippen LogP contribution in [0.1, 0.15) is 29.9 Å². The van der Waals surface area contributed by atoms with Gasteiger partial charge in [-0.1, -0.05) is 30.3 Å². The molecule has 0 aliphatic carbocycles. The minimum atomic E-state index is -3.99. The molecule has 1 atom stereocenters. The Kier molecular flexibility index (Phi) is 5.93. The van der Waals surface area contributed by atoms with Crippen LogP contribution in [0.5, 0.6) is 0 Å². The fraction of sp³-hybridized carbons (Fsp3) is 0.217. The third-order valence-electron chi connectivity index (χ3n) is 5.47. The number of halogens is 2. The van der Waals surface area contributed by atoms with Gasteiger partial charge in [0.2, 0.25) is 0 Å². The van der Waals surface area contributed by atoms with Crippen LogP contribution < -0.4 is 0 Å². The molecule has 0 bridgehead atoms. The lowest BCUT2D eigenvalue weighted by Crippen LogP contribution is -2.49. The number of Topliss-reactive ketones (excluding diaryl/α,β-unsaturated/α-hetero) is 1. The number of hydrogen-bond donors (Lipinski definition) is 0. The van der Waals surface area contributed by atoms with Gasteiger partial charge >= 0.3 is 0 Å². The molecule has 1 saturated heterocycles. The Labute approximate surface area is 179 Å². The second kappa shape index (κ2) is 8.64. The summed E-state index contributed by atoms with van der Waals surface area (Å²) in [6, 6.07) is 15.3. The number of carbonyl (C=O) groups excluding carboxylic acids is 1. The summed E-state index contributed by atoms with van der Waals surface area (Å²) < 4.78 is 55.3. The number of carbonyl (C=O) groups is 1. The molecule has 2 aromatic carbocycles. The Balaban J connectivity index is 1.84. The molecule has 1 aromatic heterocycles. The smallest absolute Gasteiger partial charge is 0.260 e. The molecular weight excluding hydrogens is 422 g/mol. The number of rotatable bonds is 5. The molecule has 0 radical (unpaired) electrons. The average molecular weight is 442 g/mol. The Morgan fingerprint density at radius 1 is 0.903 bits per heavy atom. The van der Waals surface area contributed by atoms with Crippen molar-refractivity contribution in [1.82, 2.24) is 9.29 Å². The van der Waals surface area contributed by atoms with Gasteiger partial charge in [0.1, 0.15) is 17.4 Å². The first kappa shape index (κ1) is 21.3. The topological polar surface area (TPSA) is 67.3 Å². The van der Waals surface area contributed by atoms with E-state index >= 15 is 0 Å². The molecule has 0 spiro atoms. The van der Waals surface area contributed by atoms with Crippen molar-refractivity contribution in [2.24, 2.45) is 0 Å². The van der Waals surface area contributed by atoms with E-state index in [1.807, 2.05) is 0 Å². The number of pyridine rings is 1. The number of sulfonamides is 1. The molecule has 1 fully saturated rings. The number of nitrogens with zero attached hydrogens (tertiary/aromatic N) is 2. The summed E-state index contributed by atoms with van der Waals surface area (Å²) in [5.41, 5.74) is 1.27. The zero-order valence-electron chi connectivity index (χ0n) is 16.5. The van der Waals surface area contributed by atoms with Crippen molar-refractivity contribution in [2.45, 2.75) is 29.8 Å². The molecule has 2 heterocycles. The van der Waals surface area contributed by atoms with Gasteiger partial charge in [0.15, 0.2) is 5.03 Å². The molecule has 1 unspecified atom stereocenters. The average Bonchev–Trinajstić information content (AvgIpc) is 2.77. The van der Waals surface area contributed by atoms with Gasteiger partial charge < -0.3 is 0 Å². The maximum absolute atomic E-state index is 13.6. The van der Waals surface area contributed by atoms with Crippen molar-refractivity contribution >= 4 is 15.8 Å². The minimum absolute atomic E-state index is 0.00845. The lowest BCUT2D eigenvalue weighted by atomic mass is 9.81. The van der Waals surface area contributed by atoms with Crippen LogP contribution in [-0.4, -0.2) is 36.1 Å². The molecule has 1 aliphatic rings. The second-order valence-electron chi connectivity index (χ2n) is 7.42. The maximum Gasteiger partial charge on any atom is 0.260 e. The first-order chi connectivity index (χ1) is 14.9. The van der Waals surface area contributed by atoms with E-state index in [0.717, 1.165) is 0 Å². The Morgan fingerprint density at radius 3 is 2.00 bits per heavy atom. The predicted molar refractivity (Wildman–Crippen MR) is 111 cm³/mol. The fourth-order valence-electron chi connectivity index (χ4n) is 4.02. The normalized spacial score (nSPS) is 17.8. The van der Waals surface area contributed by atoms with Crippen LogP contribution in [-0.2, 0) is 14.8 Å². The van der Waals surface area contributed by atoms with Gasteiger partial charge in [0.25, 0.3) is 10.0 Å². The largest absolute Gasteiger partial charge is 0.300 e. The number of aromatic nitrogens is 1. The third kappa shape index (κ3) is 4.40. The summed E-state index contributed by atoms with van der Waals surface area (Å²) in [4.78, 5) is 16.4. The zero-order valence-corrected chi connectivity index (χ0v) is 17.3. The quantitative estimate of drug-likeness (QED) is 0.601. The fourth-order valence-corrected chi connectivity index (χ4v) is 5.59. The van der Waals surface area contributed by atoms with Crippen LogP contribution in [0.15, 0.2) is 78.0 Å². The lowest BCUT2D eigenvalue weighted by molar-refractivity contribution is -0.122. The van der Waals surface area contributed by atoms with Crippen LogP contribution in [0.25, 0.3) is 0 Å². The summed E-state index contributed by atoms with van der Waals surface area (Å²) in [7, 11) is -3.99. The van der Waals surface area contributed by atoms with E-state index in [-0.39, 0.29) is 30.2 Å². The molecule has 0 N–H and O–H groups in total. The molecule has 31 heavy (non-hydrogen) atoms. The number of piperidine rings is 1. The first-order valence-electron chi connectivity index (χ1n) is 9.82. The highest BCUT2D eigenvalue weighted by molar-refractivity contribution is 7.89. The number of benzene rings is 2. The highest BCUT2D eigenvalue weighted by Crippen LogP contribution is 2.37. The SMILES string of the molecule is O=C1CCN(S(=O)(=O)c2ccccn2)C(C(c2ccc(F)cc2)c2ccc(F)cc2)C1. The van der Waals surface area contributed by atoms with Gasteiger partial charge in [-0.3, -0.25) is 4.79 Å². The molecule has 1 aliphatic heterocycles. The van der Waals surface area contributed by atoms with Gasteiger partial charge in [0.05, 0.1) is 0 Å². The Bertz CT molecular complexity index is 1120. The van der Waals surface area contributed by atoms with E-state index in [9.17, 15) is 22.0 Å². The molecular formula is C23H20F2N2O3S. The third-order valence-corrected chi connectivity index (χ3v) is 7.31. The van der Waals surface area contributed by atoms with Crippen molar-refractivity contribution in [3.8, 4) is 0 Å². The molecule has 8 heteroatoms. The van der Waals surface area contributed by atoms with Crippen molar-refractivity contribution in [2.75, 3.05) is 6.54 Å². The van der Waals surface area contributed by atoms with Crippen LogP contribution >= 0.6 is 0 Å². The van der Waals surface area contributed by atoms with E-state index < -0.39 is 33.6 Å². The van der Waals surface area contributed by atoms with Crippen LogP contribution in [0.3, 0.4) is 0 Å². The molecule has 160 valence electrons. The van der Waals surface area contributed by atoms with E-state index in [1.165, 1.54) is 40.8 Å². The first-order valence-corrected chi connectivity index (χ1v) is 11.3. The minimum Gasteiger partial charge on any atom is -0.300 e. The second-order valence-corrected chi connectivity index (χ2v) is 9.26. The van der Waals surface area contributed by atoms with Crippen molar-refractivity contribution in [3.05, 3.63) is 95.7 Å². The van der Waals surface area contributed by atoms with Crippen LogP contribution in [0.4, 0.5) is 8.78 Å². The van der Waals surface area contributed by atoms with Gasteiger partial charge in [0, 0.05) is 37.5 Å². The zero-order chi connectivity index (χ0) is 22.0. The molecule has 5 nitrogen and oxygen atoms in total. The summed E-state index contributed by atoms with van der Waals surface area (Å²) in [5.74, 6) is -1.52. The Morgan fingerprint density at radius 2 is 1.48 bits per heavy atom. The lowest BCUT2D eigenvalue weighted by Gasteiger charge is -2.39. The molecule has 4 rings (SSSR count). The van der Waals surface area contributed by atoms with Gasteiger partial charge in [-0.2, -0.15) is 4.31 Å². The molecule has 0 amide bonds. The summed E-state index contributed by atoms with van der Waals surface area (Å²) in [5, 5.41) is -0.105. The number of ketones is 1. The predicted octanol–water partition coefficient (Wildman–Crippen LogP) is 3.91. The van der Waals surface area contributed by atoms with Crippen molar-refractivity contribution in [1.29, 1.82) is 0 Å². The highest BCUT2D eigenvalue weighted by Gasteiger charge is 2.42. The monoisotopic (exact) mass is 442 g/mol. The van der Waals surface area contributed by atoms with Gasteiger partial charge in [-0.05, 0) is 47.5 Å². The molecule has 0 saturated carbocycles. The summed E-state index contributed by atoms with van der Waals surface area (Å²) in [6.07, 6.45) is 1.49. The van der Waals surface area contributed by atoms with E-state index in [4.69, 9.17) is 0 Å². The maximum atomic E-state index is 13.6. The van der Waals surface area contributed by atoms with E-state index in [0.29, 0.717) is 11.1 Å². The van der Waals surface area contributed by atoms with E-state index in [1.54, 1.807) is 36.4 Å². The van der Waals surface area contributed by atoms with Crippen LogP contribution in [0.2, 0.25) is 0 Å². The van der Waals surface area contributed by atoms with Gasteiger partial charge in [-0.15, -0.1) is 0 Å². The summed E-state index contributed by atoms with van der Waals surface area (Å²) >= 11 is 0. The number of hydrogen-bond acceptors (Lipinski definition) is 4. The van der Waals surface area contributed by atoms with Crippen molar-refractivity contribution < 1.29 is 22.0 Å². The highest BCUT2D eigenvalue weighted by atomic mass is 32.2. The summed E-state index contributed by atoms with van der Waals surface area (Å²) in [6.45, 7) is 0.0152. The molecule has 3 aromatic rings. The van der Waals surface area contributed by atoms with Crippen molar-refractivity contribution in [3.63, 3.8) is 0 Å². The van der Waals surface area contributed by atoms with Gasteiger partial charge in [-0.25, -0.2) is 22.2 Å². The standard InChI is InChI=1S/C23H20F2N2O3S/c24-18-8-4-16(5-9-18)23(17-6-10-19(25)11-7-17)21-15-20(28)12-14-27(21)31(29,30)22-3-1-2-13-26-22/h1-11,13,21,23H,12,14-15H2. The van der Waals surface area contributed by atoms with E-state index in [2.05, 4.69) is 4.98 Å². The van der Waals surface area contributed by atoms with Crippen LogP contribution in [0, 0.1) is 11.6 Å². The Hall–Kier alpha value is -2.97.